The second-order valence-electron chi connectivity index (χ2n) is 10.2. The van der Waals surface area contributed by atoms with Crippen molar-refractivity contribution in [1.29, 1.82) is 0 Å². The lowest BCUT2D eigenvalue weighted by Gasteiger charge is -2.24. The van der Waals surface area contributed by atoms with Gasteiger partial charge in [-0.1, -0.05) is 6.07 Å². The van der Waals surface area contributed by atoms with Gasteiger partial charge in [-0.05, 0) is 58.9 Å². The van der Waals surface area contributed by atoms with E-state index < -0.39 is 0 Å². The van der Waals surface area contributed by atoms with Gasteiger partial charge in [-0.3, -0.25) is 14.3 Å². The van der Waals surface area contributed by atoms with Gasteiger partial charge in [0.1, 0.15) is 29.5 Å². The zero-order valence-electron chi connectivity index (χ0n) is 22.2. The number of nitrogens with zero attached hydrogens (tertiary/aromatic N) is 9. The molecule has 1 atom stereocenters. The van der Waals surface area contributed by atoms with Crippen LogP contribution in [0.15, 0.2) is 42.9 Å². The Morgan fingerprint density at radius 3 is 2.79 bits per heavy atom. The van der Waals surface area contributed by atoms with E-state index in [1.54, 1.807) is 17.4 Å². The zero-order chi connectivity index (χ0) is 26.4. The van der Waals surface area contributed by atoms with Gasteiger partial charge in [0.15, 0.2) is 5.82 Å². The molecular weight excluding hydrogens is 480 g/mol. The molecule has 0 spiro atoms. The zero-order valence-corrected chi connectivity index (χ0v) is 22.2. The van der Waals surface area contributed by atoms with Gasteiger partial charge in [0, 0.05) is 36.8 Å². The number of hydrogen-bond acceptors (Lipinski definition) is 8. The van der Waals surface area contributed by atoms with Crippen LogP contribution in [0.5, 0.6) is 0 Å². The molecule has 11 heteroatoms. The number of carbonyl (C=O) groups is 1. The lowest BCUT2D eigenvalue weighted by atomic mass is 10.1. The molecule has 4 aromatic rings. The molecule has 1 fully saturated rings. The largest absolute Gasteiger partial charge is 0.354 e. The van der Waals surface area contributed by atoms with E-state index in [2.05, 4.69) is 46.3 Å². The van der Waals surface area contributed by atoms with E-state index >= 15 is 0 Å². The first-order valence-corrected chi connectivity index (χ1v) is 13.1. The summed E-state index contributed by atoms with van der Waals surface area (Å²) in [4.78, 5) is 27.6. The molecular formula is C27H32N10O. The Morgan fingerprint density at radius 2 is 2.03 bits per heavy atom. The molecule has 196 valence electrons. The molecule has 0 aromatic carbocycles. The molecule has 1 N–H and O–H groups in total. The number of anilines is 2. The topological polar surface area (TPSA) is 110 Å². The molecule has 0 aliphatic carbocycles. The summed E-state index contributed by atoms with van der Waals surface area (Å²) in [6, 6.07) is 10.1. The number of amides is 1. The number of hydrogen-bond donors (Lipinski definition) is 1. The van der Waals surface area contributed by atoms with Crippen LogP contribution in [0.1, 0.15) is 61.3 Å². The van der Waals surface area contributed by atoms with Gasteiger partial charge >= 0.3 is 0 Å². The summed E-state index contributed by atoms with van der Waals surface area (Å²) in [5.74, 6) is 2.83. The average molecular weight is 513 g/mol. The first kappa shape index (κ1) is 24.2. The number of rotatable bonds is 7. The smallest absolute Gasteiger partial charge is 0.260 e. The van der Waals surface area contributed by atoms with Crippen molar-refractivity contribution in [1.82, 2.24) is 39.8 Å². The number of nitrogens with one attached hydrogen (secondary N) is 1. The Morgan fingerprint density at radius 1 is 1.16 bits per heavy atom. The van der Waals surface area contributed by atoms with Gasteiger partial charge in [0.2, 0.25) is 0 Å². The quantitative estimate of drug-likeness (QED) is 0.401. The van der Waals surface area contributed by atoms with Gasteiger partial charge in [-0.2, -0.15) is 5.10 Å². The maximum absolute atomic E-state index is 13.7. The third-order valence-electron chi connectivity index (χ3n) is 7.35. The van der Waals surface area contributed by atoms with E-state index in [1.807, 2.05) is 46.6 Å². The van der Waals surface area contributed by atoms with E-state index in [9.17, 15) is 4.79 Å². The van der Waals surface area contributed by atoms with Gasteiger partial charge in [0.25, 0.3) is 5.91 Å². The summed E-state index contributed by atoms with van der Waals surface area (Å²) in [6.07, 6.45) is 5.70. The summed E-state index contributed by atoms with van der Waals surface area (Å²) in [5, 5.41) is 16.2. The van der Waals surface area contributed by atoms with Crippen LogP contribution in [-0.4, -0.2) is 60.1 Å². The summed E-state index contributed by atoms with van der Waals surface area (Å²) in [6.45, 7) is 8.35. The summed E-state index contributed by atoms with van der Waals surface area (Å²) in [5.41, 5.74) is 3.19. The minimum atomic E-state index is -0.0585. The first-order valence-electron chi connectivity index (χ1n) is 13.1. The van der Waals surface area contributed by atoms with Crippen molar-refractivity contribution in [2.75, 3.05) is 23.4 Å². The van der Waals surface area contributed by atoms with Gasteiger partial charge in [-0.25, -0.2) is 14.6 Å². The maximum atomic E-state index is 13.7. The van der Waals surface area contributed by atoms with E-state index in [0.717, 1.165) is 42.3 Å². The predicted molar refractivity (Wildman–Crippen MR) is 144 cm³/mol. The Kier molecular flexibility index (Phi) is 6.15. The summed E-state index contributed by atoms with van der Waals surface area (Å²) < 4.78 is 3.78. The molecule has 1 saturated heterocycles. The van der Waals surface area contributed by atoms with Crippen LogP contribution in [0.3, 0.4) is 0 Å². The highest BCUT2D eigenvalue weighted by atomic mass is 16.2. The van der Waals surface area contributed by atoms with Gasteiger partial charge in [-0.15, -0.1) is 10.2 Å². The third kappa shape index (κ3) is 4.03. The monoisotopic (exact) mass is 512 g/mol. The second-order valence-corrected chi connectivity index (χ2v) is 10.2. The highest BCUT2D eigenvalue weighted by Gasteiger charge is 2.34. The fourth-order valence-corrected chi connectivity index (χ4v) is 5.44. The highest BCUT2D eigenvalue weighted by Crippen LogP contribution is 2.34. The molecule has 1 unspecified atom stereocenters. The minimum absolute atomic E-state index is 0.0585. The first-order chi connectivity index (χ1) is 18.5. The standard InChI is InChI=1S/C27H32N10O/c1-17(2)37-25(10-11-30-37)36-16-29-33-26(36)21-8-5-9-23(31-21)35-15-20-19(27(35)38)13-24(32-22(20)14-28-4)34-12-6-7-18(34)3/h5,8-11,13,16-18,28H,6-7,12,14-15H2,1-4H3. The lowest BCUT2D eigenvalue weighted by molar-refractivity contribution is 0.0996. The van der Waals surface area contributed by atoms with Crippen LogP contribution in [0.25, 0.3) is 17.3 Å². The van der Waals surface area contributed by atoms with Crippen molar-refractivity contribution >= 4 is 17.5 Å². The van der Waals surface area contributed by atoms with Crippen LogP contribution < -0.4 is 15.1 Å². The van der Waals surface area contributed by atoms with Crippen molar-refractivity contribution in [3.05, 3.63) is 59.7 Å². The van der Waals surface area contributed by atoms with Crippen molar-refractivity contribution < 1.29 is 4.79 Å². The van der Waals surface area contributed by atoms with Crippen molar-refractivity contribution in [2.24, 2.45) is 0 Å². The van der Waals surface area contributed by atoms with Crippen LogP contribution >= 0.6 is 0 Å². The Labute approximate surface area is 221 Å². The normalized spacial score (nSPS) is 17.2. The lowest BCUT2D eigenvalue weighted by Crippen LogP contribution is -2.28. The van der Waals surface area contributed by atoms with Crippen LogP contribution in [0.4, 0.5) is 11.6 Å². The molecule has 2 aliphatic heterocycles. The van der Waals surface area contributed by atoms with Crippen molar-refractivity contribution in [2.45, 2.75) is 58.8 Å². The molecule has 0 radical (unpaired) electrons. The van der Waals surface area contributed by atoms with E-state index in [-0.39, 0.29) is 11.9 Å². The van der Waals surface area contributed by atoms with Gasteiger partial charge in [0.05, 0.1) is 24.0 Å². The Balaban J connectivity index is 1.35. The van der Waals surface area contributed by atoms with Gasteiger partial charge < -0.3 is 10.2 Å². The fourth-order valence-electron chi connectivity index (χ4n) is 5.44. The van der Waals surface area contributed by atoms with Crippen LogP contribution in [-0.2, 0) is 13.1 Å². The average Bonchev–Trinajstić information content (AvgIpc) is 3.71. The van der Waals surface area contributed by atoms with E-state index in [4.69, 9.17) is 9.97 Å². The molecule has 0 bridgehead atoms. The Bertz CT molecular complexity index is 1490. The summed E-state index contributed by atoms with van der Waals surface area (Å²) >= 11 is 0. The Hall–Kier alpha value is -4.12. The van der Waals surface area contributed by atoms with Crippen LogP contribution in [0, 0.1) is 0 Å². The third-order valence-corrected chi connectivity index (χ3v) is 7.35. The molecule has 6 rings (SSSR count). The summed E-state index contributed by atoms with van der Waals surface area (Å²) in [7, 11) is 1.90. The molecule has 4 aromatic heterocycles. The second kappa shape index (κ2) is 9.64. The molecule has 38 heavy (non-hydrogen) atoms. The van der Waals surface area contributed by atoms with Crippen LogP contribution in [0.2, 0.25) is 0 Å². The highest BCUT2D eigenvalue weighted by molar-refractivity contribution is 6.10. The number of carbonyl (C=O) groups excluding carboxylic acids is 1. The molecule has 6 heterocycles. The predicted octanol–water partition coefficient (Wildman–Crippen LogP) is 3.37. The molecule has 11 nitrogen and oxygen atoms in total. The van der Waals surface area contributed by atoms with E-state index in [1.165, 1.54) is 0 Å². The van der Waals surface area contributed by atoms with Crippen molar-refractivity contribution in [3.8, 4) is 17.3 Å². The van der Waals surface area contributed by atoms with Crippen molar-refractivity contribution in [3.63, 3.8) is 0 Å². The SMILES string of the molecule is CNCc1nc(N2CCCC2C)cc2c1CN(c1cccc(-c3nncn3-c3ccnn3C(C)C)n1)C2=O. The fraction of sp³-hybridized carbons (Fsp3) is 0.407. The molecule has 0 saturated carbocycles. The molecule has 2 aliphatic rings. The number of pyridine rings is 2. The van der Waals surface area contributed by atoms with E-state index in [0.29, 0.717) is 42.0 Å². The number of fused-ring (bicyclic) bond motifs is 1. The number of aromatic nitrogens is 7. The maximum Gasteiger partial charge on any atom is 0.260 e. The molecule has 1 amide bonds. The minimum Gasteiger partial charge on any atom is -0.354 e.